The van der Waals surface area contributed by atoms with Crippen LogP contribution >= 0.6 is 0 Å². The maximum Gasteiger partial charge on any atom is 0.323 e. The van der Waals surface area contributed by atoms with Gasteiger partial charge in [0.15, 0.2) is 0 Å². The summed E-state index contributed by atoms with van der Waals surface area (Å²) in [6, 6.07) is 12.2. The molecule has 4 aliphatic rings. The molecule has 2 aromatic carbocycles. The van der Waals surface area contributed by atoms with Crippen molar-refractivity contribution in [3.63, 3.8) is 0 Å². The minimum absolute atomic E-state index is 0.00856. The van der Waals surface area contributed by atoms with E-state index in [1.807, 2.05) is 11.0 Å². The first-order chi connectivity index (χ1) is 20.3. The molecule has 1 atom stereocenters. The van der Waals surface area contributed by atoms with Gasteiger partial charge in [-0.1, -0.05) is 24.3 Å². The fraction of sp³-hybridized carbons (Fsp3) is 0.438. The topological polar surface area (TPSA) is 111 Å². The van der Waals surface area contributed by atoms with E-state index in [2.05, 4.69) is 27.4 Å². The summed E-state index contributed by atoms with van der Waals surface area (Å²) >= 11 is 0. The highest BCUT2D eigenvalue weighted by atomic mass is 16.5. The molecule has 10 heteroatoms. The summed E-state index contributed by atoms with van der Waals surface area (Å²) in [6.07, 6.45) is 5.87. The van der Waals surface area contributed by atoms with Crippen LogP contribution in [-0.2, 0) is 11.3 Å². The zero-order valence-electron chi connectivity index (χ0n) is 23.8. The van der Waals surface area contributed by atoms with Crippen molar-refractivity contribution in [2.75, 3.05) is 39.8 Å². The normalized spacial score (nSPS) is 22.7. The first-order valence-corrected chi connectivity index (χ1v) is 14.6. The fourth-order valence-corrected chi connectivity index (χ4v) is 6.39. The number of urea groups is 1. The molecule has 42 heavy (non-hydrogen) atoms. The average Bonchev–Trinajstić information content (AvgIpc) is 3.49. The van der Waals surface area contributed by atoms with Gasteiger partial charge in [-0.3, -0.25) is 19.7 Å². The summed E-state index contributed by atoms with van der Waals surface area (Å²) in [5.74, 6) is 5.60. The number of carbonyl (C=O) groups excluding carboxylic acids is 4. The van der Waals surface area contributed by atoms with Crippen LogP contribution < -0.4 is 15.4 Å². The summed E-state index contributed by atoms with van der Waals surface area (Å²) < 4.78 is 5.24. The zero-order valence-corrected chi connectivity index (χ0v) is 23.8. The van der Waals surface area contributed by atoms with Gasteiger partial charge in [0.05, 0.1) is 13.7 Å². The molecule has 4 aliphatic heterocycles. The smallest absolute Gasteiger partial charge is 0.323 e. The van der Waals surface area contributed by atoms with Crippen LogP contribution in [0.5, 0.6) is 5.75 Å². The zero-order chi connectivity index (χ0) is 29.3. The summed E-state index contributed by atoms with van der Waals surface area (Å²) in [5.41, 5.74) is 0.883. The highest BCUT2D eigenvalue weighted by Gasteiger charge is 2.48. The van der Waals surface area contributed by atoms with E-state index in [1.54, 1.807) is 36.4 Å². The van der Waals surface area contributed by atoms with E-state index in [1.165, 1.54) is 44.4 Å². The van der Waals surface area contributed by atoms with E-state index in [0.29, 0.717) is 28.5 Å². The van der Waals surface area contributed by atoms with Gasteiger partial charge in [0.1, 0.15) is 5.75 Å². The van der Waals surface area contributed by atoms with E-state index in [4.69, 9.17) is 4.74 Å². The molecule has 1 unspecified atom stereocenters. The maximum atomic E-state index is 13.2. The summed E-state index contributed by atoms with van der Waals surface area (Å²) in [6.45, 7) is 4.03. The molecule has 3 saturated heterocycles. The number of benzene rings is 2. The number of imide groups is 1. The van der Waals surface area contributed by atoms with E-state index in [-0.39, 0.29) is 24.9 Å². The van der Waals surface area contributed by atoms with Crippen LogP contribution in [0, 0.1) is 11.8 Å². The number of hydrogen-bond acceptors (Lipinski definition) is 6. The van der Waals surface area contributed by atoms with Crippen LogP contribution in [0.1, 0.15) is 63.9 Å². The Bertz CT molecular complexity index is 1460. The second-order valence-electron chi connectivity index (χ2n) is 11.4. The Balaban J connectivity index is 1.13. The van der Waals surface area contributed by atoms with Crippen molar-refractivity contribution in [1.29, 1.82) is 0 Å². The standard InChI is InChI=1S/C32H35N5O5/c1-42-26-10-9-24-20-37(29(39)27(24)19-26)21-32(30(40)33-31(41)34-32)14-11-22-5-7-23(8-6-22)28(38)36-17-12-25(13-18-36)35-15-3-2-4-16-35/h5-10,19,25H,2-4,12-13,15-18,20-21H2,1H3,(H2,33,34,40,41). The van der Waals surface area contributed by atoms with E-state index >= 15 is 0 Å². The van der Waals surface area contributed by atoms with Gasteiger partial charge in [-0.05, 0) is 80.7 Å². The number of nitrogens with zero attached hydrogens (tertiary/aromatic N) is 3. The van der Waals surface area contributed by atoms with Gasteiger partial charge in [-0.2, -0.15) is 0 Å². The minimum atomic E-state index is -1.61. The monoisotopic (exact) mass is 569 g/mol. The molecule has 218 valence electrons. The van der Waals surface area contributed by atoms with Gasteiger partial charge < -0.3 is 24.8 Å². The number of hydrogen-bond donors (Lipinski definition) is 2. The predicted molar refractivity (Wildman–Crippen MR) is 155 cm³/mol. The van der Waals surface area contributed by atoms with Gasteiger partial charge in [0.2, 0.25) is 5.54 Å². The minimum Gasteiger partial charge on any atom is -0.497 e. The molecule has 2 aromatic rings. The molecule has 0 bridgehead atoms. The third-order valence-electron chi connectivity index (χ3n) is 8.78. The lowest BCUT2D eigenvalue weighted by Crippen LogP contribution is -2.54. The Hall–Kier alpha value is -4.36. The van der Waals surface area contributed by atoms with E-state index in [9.17, 15) is 19.2 Å². The van der Waals surface area contributed by atoms with E-state index < -0.39 is 17.5 Å². The van der Waals surface area contributed by atoms with Crippen LogP contribution in [0.3, 0.4) is 0 Å². The first-order valence-electron chi connectivity index (χ1n) is 14.6. The molecule has 4 heterocycles. The molecule has 3 fully saturated rings. The molecular weight excluding hydrogens is 534 g/mol. The summed E-state index contributed by atoms with van der Waals surface area (Å²) in [4.78, 5) is 57.4. The highest BCUT2D eigenvalue weighted by molar-refractivity contribution is 6.10. The molecular formula is C32H35N5O5. The van der Waals surface area contributed by atoms with Crippen molar-refractivity contribution in [3.8, 4) is 17.6 Å². The third-order valence-corrected chi connectivity index (χ3v) is 8.78. The lowest BCUT2D eigenvalue weighted by molar-refractivity contribution is -0.122. The maximum absolute atomic E-state index is 13.2. The van der Waals surface area contributed by atoms with Gasteiger partial charge in [0.25, 0.3) is 17.7 Å². The predicted octanol–water partition coefficient (Wildman–Crippen LogP) is 2.37. The average molecular weight is 570 g/mol. The molecule has 2 N–H and O–H groups in total. The summed E-state index contributed by atoms with van der Waals surface area (Å²) in [5, 5.41) is 4.88. The molecule has 10 nitrogen and oxygen atoms in total. The molecule has 0 spiro atoms. The Kier molecular flexibility index (Phi) is 7.60. The van der Waals surface area contributed by atoms with Crippen molar-refractivity contribution < 1.29 is 23.9 Å². The third kappa shape index (κ3) is 5.44. The van der Waals surface area contributed by atoms with Crippen molar-refractivity contribution in [3.05, 3.63) is 64.7 Å². The molecule has 0 radical (unpaired) electrons. The van der Waals surface area contributed by atoms with Crippen LogP contribution in [0.2, 0.25) is 0 Å². The fourth-order valence-electron chi connectivity index (χ4n) is 6.39. The van der Waals surface area contributed by atoms with Crippen LogP contribution in [-0.4, -0.2) is 89.9 Å². The van der Waals surface area contributed by atoms with Gasteiger partial charge in [0, 0.05) is 42.4 Å². The van der Waals surface area contributed by atoms with Crippen molar-refractivity contribution in [1.82, 2.24) is 25.3 Å². The van der Waals surface area contributed by atoms with Gasteiger partial charge >= 0.3 is 6.03 Å². The number of amides is 5. The quantitative estimate of drug-likeness (QED) is 0.423. The second-order valence-corrected chi connectivity index (χ2v) is 11.4. The molecule has 6 rings (SSSR count). The molecule has 0 aromatic heterocycles. The number of methoxy groups -OCH3 is 1. The SMILES string of the molecule is COc1ccc2c(c1)C(=O)N(CC1(C#Cc3ccc(C(=O)N4CCC(N5CCCCC5)CC4)cc3)NC(=O)NC1=O)C2. The van der Waals surface area contributed by atoms with Crippen LogP contribution in [0.4, 0.5) is 4.79 Å². The van der Waals surface area contributed by atoms with Crippen molar-refractivity contribution >= 4 is 23.8 Å². The summed E-state index contributed by atoms with van der Waals surface area (Å²) in [7, 11) is 1.53. The number of rotatable bonds is 5. The Morgan fingerprint density at radius 1 is 1.00 bits per heavy atom. The highest BCUT2D eigenvalue weighted by Crippen LogP contribution is 2.29. The molecule has 0 aliphatic carbocycles. The lowest BCUT2D eigenvalue weighted by Gasteiger charge is -2.40. The Morgan fingerprint density at radius 2 is 1.74 bits per heavy atom. The van der Waals surface area contributed by atoms with E-state index in [0.717, 1.165) is 31.5 Å². The van der Waals surface area contributed by atoms with Crippen molar-refractivity contribution in [2.45, 2.75) is 50.2 Å². The molecule has 0 saturated carbocycles. The number of likely N-dealkylation sites (tertiary alicyclic amines) is 2. The Morgan fingerprint density at radius 3 is 2.40 bits per heavy atom. The molecule has 5 amide bonds. The lowest BCUT2D eigenvalue weighted by atomic mass is 9.98. The van der Waals surface area contributed by atoms with Crippen LogP contribution in [0.15, 0.2) is 42.5 Å². The van der Waals surface area contributed by atoms with Crippen molar-refractivity contribution in [2.24, 2.45) is 0 Å². The first kappa shape index (κ1) is 27.8. The number of ether oxygens (including phenoxy) is 1. The number of nitrogens with one attached hydrogen (secondary N) is 2. The Labute approximate surface area is 245 Å². The second kappa shape index (κ2) is 11.5. The number of fused-ring (bicyclic) bond motifs is 1. The number of carbonyl (C=O) groups is 4. The van der Waals surface area contributed by atoms with Gasteiger partial charge in [-0.15, -0.1) is 0 Å². The van der Waals surface area contributed by atoms with Crippen LogP contribution in [0.25, 0.3) is 0 Å². The van der Waals surface area contributed by atoms with Gasteiger partial charge in [-0.25, -0.2) is 4.79 Å². The number of piperidine rings is 2. The largest absolute Gasteiger partial charge is 0.497 e.